The van der Waals surface area contributed by atoms with E-state index >= 15 is 0 Å². The smallest absolute Gasteiger partial charge is 0.160 e. The highest BCUT2D eigenvalue weighted by atomic mass is 16.1. The normalized spacial score (nSPS) is 8.93. The predicted molar refractivity (Wildman–Crippen MR) is 61.9 cm³/mol. The van der Waals surface area contributed by atoms with Crippen LogP contribution in [0, 0.1) is 6.92 Å². The Bertz CT molecular complexity index is 300. The number of hydrogen-bond donors (Lipinski definition) is 0. The highest BCUT2D eigenvalue weighted by molar-refractivity contribution is 5.95. The van der Waals surface area contributed by atoms with Crippen molar-refractivity contribution in [3.8, 4) is 0 Å². The number of carbonyl (C=O) groups is 1. The molecule has 0 bridgehead atoms. The Morgan fingerprint density at radius 2 is 1.86 bits per heavy atom. The second-order valence-corrected chi connectivity index (χ2v) is 3.07. The van der Waals surface area contributed by atoms with Crippen LogP contribution in [0.15, 0.2) is 18.2 Å². The highest BCUT2D eigenvalue weighted by Gasteiger charge is 2.04. The van der Waals surface area contributed by atoms with Crippen molar-refractivity contribution in [2.75, 3.05) is 0 Å². The molecule has 78 valence electrons. The molecule has 0 unspecified atom stereocenters. The molecule has 1 aromatic rings. The number of rotatable bonds is 2. The van der Waals surface area contributed by atoms with Crippen molar-refractivity contribution >= 4 is 5.78 Å². The first-order valence-electron chi connectivity index (χ1n) is 5.25. The zero-order valence-electron chi connectivity index (χ0n) is 9.85. The van der Waals surface area contributed by atoms with Crippen molar-refractivity contribution in [2.24, 2.45) is 0 Å². The highest BCUT2D eigenvalue weighted by Crippen LogP contribution is 2.12. The van der Waals surface area contributed by atoms with Crippen LogP contribution in [0.4, 0.5) is 0 Å². The molecule has 0 N–H and O–H groups in total. The maximum atomic E-state index is 11.2. The number of carbonyl (C=O) groups excluding carboxylic acids is 1. The summed E-state index contributed by atoms with van der Waals surface area (Å²) in [5.74, 6) is 0.163. The van der Waals surface area contributed by atoms with Gasteiger partial charge >= 0.3 is 0 Å². The van der Waals surface area contributed by atoms with Gasteiger partial charge in [0.2, 0.25) is 0 Å². The summed E-state index contributed by atoms with van der Waals surface area (Å²) in [7, 11) is 0. The minimum Gasteiger partial charge on any atom is -0.295 e. The summed E-state index contributed by atoms with van der Waals surface area (Å²) >= 11 is 0. The Hall–Kier alpha value is -1.11. The Morgan fingerprint density at radius 1 is 1.29 bits per heavy atom. The van der Waals surface area contributed by atoms with Crippen LogP contribution in [0.25, 0.3) is 0 Å². The topological polar surface area (TPSA) is 17.1 Å². The molecule has 1 aromatic carbocycles. The number of Topliss-reactive ketones (excluding diaryl/α,β-unsaturated/α-hetero) is 1. The summed E-state index contributed by atoms with van der Waals surface area (Å²) in [4.78, 5) is 11.2. The molecule has 0 atom stereocenters. The molecule has 0 saturated heterocycles. The van der Waals surface area contributed by atoms with Gasteiger partial charge in [-0.25, -0.2) is 0 Å². The van der Waals surface area contributed by atoms with Gasteiger partial charge in [0.1, 0.15) is 0 Å². The zero-order valence-corrected chi connectivity index (χ0v) is 9.85. The summed E-state index contributed by atoms with van der Waals surface area (Å²) in [5, 5.41) is 0. The molecule has 0 aliphatic heterocycles. The van der Waals surface area contributed by atoms with Crippen molar-refractivity contribution in [3.05, 3.63) is 34.9 Å². The van der Waals surface area contributed by atoms with Crippen molar-refractivity contribution in [1.29, 1.82) is 0 Å². The molecule has 1 nitrogen and oxygen atoms in total. The Morgan fingerprint density at radius 3 is 2.29 bits per heavy atom. The summed E-state index contributed by atoms with van der Waals surface area (Å²) < 4.78 is 0. The number of hydrogen-bond acceptors (Lipinski definition) is 1. The summed E-state index contributed by atoms with van der Waals surface area (Å²) in [6.07, 6.45) is 0.926. The Balaban J connectivity index is 0.000000791. The van der Waals surface area contributed by atoms with Crippen molar-refractivity contribution in [2.45, 2.75) is 41.0 Å². The molecule has 0 aliphatic carbocycles. The van der Waals surface area contributed by atoms with Crippen molar-refractivity contribution in [3.63, 3.8) is 0 Å². The van der Waals surface area contributed by atoms with Gasteiger partial charge in [-0.2, -0.15) is 0 Å². The average Bonchev–Trinajstić information content (AvgIpc) is 2.20. The molecule has 0 aliphatic rings. The fraction of sp³-hybridized carbons (Fsp3) is 0.462. The summed E-state index contributed by atoms with van der Waals surface area (Å²) in [6.45, 7) is 9.69. The van der Waals surface area contributed by atoms with Crippen LogP contribution in [0.3, 0.4) is 0 Å². The summed E-state index contributed by atoms with van der Waals surface area (Å²) in [5.41, 5.74) is 3.17. The number of benzene rings is 1. The van der Waals surface area contributed by atoms with Gasteiger partial charge < -0.3 is 0 Å². The quantitative estimate of drug-likeness (QED) is 0.652. The maximum absolute atomic E-state index is 11.2. The van der Waals surface area contributed by atoms with E-state index in [1.807, 2.05) is 39.0 Å². The first kappa shape index (κ1) is 12.9. The van der Waals surface area contributed by atoms with Gasteiger partial charge in [0.05, 0.1) is 0 Å². The Kier molecular flexibility index (Phi) is 5.86. The lowest BCUT2D eigenvalue weighted by Gasteiger charge is -2.04. The van der Waals surface area contributed by atoms with Gasteiger partial charge in [-0.05, 0) is 31.9 Å². The van der Waals surface area contributed by atoms with Gasteiger partial charge in [0, 0.05) is 5.56 Å². The number of ketones is 1. The van der Waals surface area contributed by atoms with E-state index < -0.39 is 0 Å². The van der Waals surface area contributed by atoms with Crippen molar-refractivity contribution in [1.82, 2.24) is 0 Å². The zero-order chi connectivity index (χ0) is 11.1. The monoisotopic (exact) mass is 192 g/mol. The third kappa shape index (κ3) is 3.33. The number of aryl methyl sites for hydroxylation is 2. The molecular weight excluding hydrogens is 172 g/mol. The van der Waals surface area contributed by atoms with Crippen LogP contribution in [-0.4, -0.2) is 5.78 Å². The third-order valence-corrected chi connectivity index (χ3v) is 2.03. The molecular formula is C13H20O. The lowest BCUT2D eigenvalue weighted by Crippen LogP contribution is -1.98. The molecule has 0 saturated carbocycles. The van der Waals surface area contributed by atoms with E-state index in [1.165, 1.54) is 0 Å². The van der Waals surface area contributed by atoms with Gasteiger partial charge in [0.15, 0.2) is 5.78 Å². The second-order valence-electron chi connectivity index (χ2n) is 3.07. The first-order chi connectivity index (χ1) is 6.65. The van der Waals surface area contributed by atoms with Crippen LogP contribution in [0.2, 0.25) is 0 Å². The predicted octanol–water partition coefficient (Wildman–Crippen LogP) is 3.79. The molecule has 0 amide bonds. The molecule has 0 heterocycles. The van der Waals surface area contributed by atoms with E-state index in [0.29, 0.717) is 0 Å². The van der Waals surface area contributed by atoms with E-state index in [-0.39, 0.29) is 5.78 Å². The second kappa shape index (κ2) is 6.36. The first-order valence-corrected chi connectivity index (χ1v) is 5.25. The van der Waals surface area contributed by atoms with Crippen LogP contribution < -0.4 is 0 Å². The van der Waals surface area contributed by atoms with Gasteiger partial charge in [-0.1, -0.05) is 38.5 Å². The fourth-order valence-corrected chi connectivity index (χ4v) is 1.33. The van der Waals surface area contributed by atoms with Crippen LogP contribution >= 0.6 is 0 Å². The van der Waals surface area contributed by atoms with Crippen LogP contribution in [0.1, 0.15) is 49.2 Å². The van der Waals surface area contributed by atoms with E-state index in [9.17, 15) is 4.79 Å². The van der Waals surface area contributed by atoms with Gasteiger partial charge in [-0.3, -0.25) is 4.79 Å². The van der Waals surface area contributed by atoms with E-state index in [1.54, 1.807) is 6.92 Å². The minimum absolute atomic E-state index is 0.163. The van der Waals surface area contributed by atoms with Gasteiger partial charge in [0.25, 0.3) is 0 Å². The Labute approximate surface area is 87.2 Å². The minimum atomic E-state index is 0.163. The third-order valence-electron chi connectivity index (χ3n) is 2.03. The van der Waals surface area contributed by atoms with E-state index in [0.717, 1.165) is 23.1 Å². The SMILES string of the molecule is CC.CCc1ccc(C)cc1C(C)=O. The average molecular weight is 192 g/mol. The van der Waals surface area contributed by atoms with E-state index in [4.69, 9.17) is 0 Å². The lowest BCUT2D eigenvalue weighted by atomic mass is 10.00. The summed E-state index contributed by atoms with van der Waals surface area (Å²) in [6, 6.07) is 6.04. The van der Waals surface area contributed by atoms with Crippen molar-refractivity contribution < 1.29 is 4.79 Å². The molecule has 14 heavy (non-hydrogen) atoms. The lowest BCUT2D eigenvalue weighted by molar-refractivity contribution is 0.101. The largest absolute Gasteiger partial charge is 0.295 e. The van der Waals surface area contributed by atoms with Gasteiger partial charge in [-0.15, -0.1) is 0 Å². The molecule has 0 radical (unpaired) electrons. The molecule has 0 spiro atoms. The standard InChI is InChI=1S/C11H14O.C2H6/c1-4-10-6-5-8(2)7-11(10)9(3)12;1-2/h5-7H,4H2,1-3H3;1-2H3. The maximum Gasteiger partial charge on any atom is 0.160 e. The molecule has 0 aromatic heterocycles. The fourth-order valence-electron chi connectivity index (χ4n) is 1.33. The molecule has 0 fully saturated rings. The van der Waals surface area contributed by atoms with Crippen LogP contribution in [0.5, 0.6) is 0 Å². The molecule has 1 rings (SSSR count). The van der Waals surface area contributed by atoms with E-state index in [2.05, 4.69) is 6.92 Å². The molecule has 1 heteroatoms. The van der Waals surface area contributed by atoms with Crippen LogP contribution in [-0.2, 0) is 6.42 Å².